The Morgan fingerprint density at radius 3 is 2.74 bits per heavy atom. The van der Waals surface area contributed by atoms with E-state index in [1.807, 2.05) is 24.3 Å². The maximum absolute atomic E-state index is 11.8. The fourth-order valence-corrected chi connectivity index (χ4v) is 2.01. The van der Waals surface area contributed by atoms with Crippen LogP contribution in [0.5, 0.6) is 0 Å². The number of nitrogens with zero attached hydrogens (tertiary/aromatic N) is 3. The third kappa shape index (κ3) is 3.60. The molecule has 0 spiro atoms. The van der Waals surface area contributed by atoms with Gasteiger partial charge in [0.25, 0.3) is 5.89 Å². The highest BCUT2D eigenvalue weighted by molar-refractivity contribution is 5.88. The summed E-state index contributed by atoms with van der Waals surface area (Å²) in [5.41, 5.74) is 2.47. The minimum absolute atomic E-state index is 0.0756. The van der Waals surface area contributed by atoms with Crippen molar-refractivity contribution in [3.8, 4) is 11.4 Å². The quantitative estimate of drug-likeness (QED) is 0.674. The van der Waals surface area contributed by atoms with E-state index in [0.29, 0.717) is 11.4 Å². The molecular weight excluding hydrogens is 294 g/mol. The van der Waals surface area contributed by atoms with Gasteiger partial charge in [-0.25, -0.2) is 4.79 Å². The standard InChI is InChI=1S/C17H15N3O3/c1-2-12-5-7-13(8-6-12)16-19-15(23-20-16)11-22-17(21)14-4-3-9-18-10-14/h3-10H,2,11H2,1H3. The second-order valence-corrected chi connectivity index (χ2v) is 4.88. The van der Waals surface area contributed by atoms with E-state index in [-0.39, 0.29) is 12.5 Å². The van der Waals surface area contributed by atoms with Crippen LogP contribution in [0.2, 0.25) is 0 Å². The number of hydrogen-bond acceptors (Lipinski definition) is 6. The molecule has 0 saturated heterocycles. The Morgan fingerprint density at radius 2 is 2.04 bits per heavy atom. The van der Waals surface area contributed by atoms with Crippen LogP contribution in [0.4, 0.5) is 0 Å². The van der Waals surface area contributed by atoms with Crippen molar-refractivity contribution in [1.29, 1.82) is 0 Å². The lowest BCUT2D eigenvalue weighted by Gasteiger charge is -2.00. The van der Waals surface area contributed by atoms with E-state index in [1.165, 1.54) is 11.8 Å². The summed E-state index contributed by atoms with van der Waals surface area (Å²) in [4.78, 5) is 19.9. The second kappa shape index (κ2) is 6.83. The van der Waals surface area contributed by atoms with Crippen LogP contribution in [0, 0.1) is 0 Å². The zero-order valence-electron chi connectivity index (χ0n) is 12.6. The Kier molecular flexibility index (Phi) is 4.42. The van der Waals surface area contributed by atoms with E-state index in [2.05, 4.69) is 22.0 Å². The van der Waals surface area contributed by atoms with Crippen LogP contribution in [0.25, 0.3) is 11.4 Å². The second-order valence-electron chi connectivity index (χ2n) is 4.88. The monoisotopic (exact) mass is 309 g/mol. The maximum atomic E-state index is 11.8. The van der Waals surface area contributed by atoms with Crippen molar-refractivity contribution < 1.29 is 14.1 Å². The minimum atomic E-state index is -0.481. The molecule has 3 rings (SSSR count). The third-order valence-corrected chi connectivity index (χ3v) is 3.31. The molecule has 0 bridgehead atoms. The summed E-state index contributed by atoms with van der Waals surface area (Å²) in [6.45, 7) is 2.02. The number of hydrogen-bond donors (Lipinski definition) is 0. The highest BCUT2D eigenvalue weighted by Gasteiger charge is 2.12. The largest absolute Gasteiger partial charge is 0.452 e. The fourth-order valence-electron chi connectivity index (χ4n) is 2.01. The Bertz CT molecular complexity index is 782. The van der Waals surface area contributed by atoms with E-state index in [0.717, 1.165) is 12.0 Å². The van der Waals surface area contributed by atoms with Crippen molar-refractivity contribution in [2.45, 2.75) is 20.0 Å². The number of carbonyl (C=O) groups excluding carboxylic acids is 1. The maximum Gasteiger partial charge on any atom is 0.340 e. The summed E-state index contributed by atoms with van der Waals surface area (Å²) in [6, 6.07) is 11.2. The number of rotatable bonds is 5. The first-order valence-corrected chi connectivity index (χ1v) is 7.25. The van der Waals surface area contributed by atoms with Gasteiger partial charge in [-0.05, 0) is 24.1 Å². The molecule has 0 unspecified atom stereocenters. The Morgan fingerprint density at radius 1 is 1.22 bits per heavy atom. The number of aromatic nitrogens is 3. The van der Waals surface area contributed by atoms with Gasteiger partial charge in [0.1, 0.15) is 0 Å². The lowest BCUT2D eigenvalue weighted by atomic mass is 10.1. The number of benzene rings is 1. The van der Waals surface area contributed by atoms with Gasteiger partial charge in [-0.3, -0.25) is 4.98 Å². The molecule has 1 aromatic carbocycles. The molecular formula is C17H15N3O3. The SMILES string of the molecule is CCc1ccc(-c2noc(COC(=O)c3cccnc3)n2)cc1. The van der Waals surface area contributed by atoms with E-state index in [9.17, 15) is 4.79 Å². The molecule has 0 aliphatic heterocycles. The van der Waals surface area contributed by atoms with Crippen molar-refractivity contribution >= 4 is 5.97 Å². The van der Waals surface area contributed by atoms with E-state index >= 15 is 0 Å². The lowest BCUT2D eigenvalue weighted by molar-refractivity contribution is 0.0429. The zero-order chi connectivity index (χ0) is 16.1. The Labute approximate surface area is 133 Å². The summed E-state index contributed by atoms with van der Waals surface area (Å²) < 4.78 is 10.2. The summed E-state index contributed by atoms with van der Waals surface area (Å²) >= 11 is 0. The molecule has 6 nitrogen and oxygen atoms in total. The molecule has 2 heterocycles. The Balaban J connectivity index is 1.64. The van der Waals surface area contributed by atoms with Crippen LogP contribution in [-0.2, 0) is 17.8 Å². The van der Waals surface area contributed by atoms with Crippen LogP contribution in [0.15, 0.2) is 53.3 Å². The molecule has 0 radical (unpaired) electrons. The van der Waals surface area contributed by atoms with Crippen LogP contribution >= 0.6 is 0 Å². The van der Waals surface area contributed by atoms with Crippen LogP contribution < -0.4 is 0 Å². The summed E-state index contributed by atoms with van der Waals surface area (Å²) in [7, 11) is 0. The minimum Gasteiger partial charge on any atom is -0.452 e. The average molecular weight is 309 g/mol. The summed E-state index contributed by atoms with van der Waals surface area (Å²) in [5, 5.41) is 3.90. The van der Waals surface area contributed by atoms with Crippen molar-refractivity contribution in [3.05, 3.63) is 65.8 Å². The van der Waals surface area contributed by atoms with E-state index in [4.69, 9.17) is 9.26 Å². The number of aryl methyl sites for hydroxylation is 1. The normalized spacial score (nSPS) is 10.5. The van der Waals surface area contributed by atoms with Crippen molar-refractivity contribution in [2.75, 3.05) is 0 Å². The van der Waals surface area contributed by atoms with Gasteiger partial charge < -0.3 is 9.26 Å². The van der Waals surface area contributed by atoms with E-state index < -0.39 is 5.97 Å². The van der Waals surface area contributed by atoms with Gasteiger partial charge in [-0.15, -0.1) is 0 Å². The molecule has 0 N–H and O–H groups in total. The molecule has 0 aliphatic rings. The molecule has 0 amide bonds. The van der Waals surface area contributed by atoms with Gasteiger partial charge in [0.2, 0.25) is 5.82 Å². The van der Waals surface area contributed by atoms with Crippen LogP contribution in [0.3, 0.4) is 0 Å². The molecule has 3 aromatic rings. The first kappa shape index (κ1) is 14.9. The molecule has 23 heavy (non-hydrogen) atoms. The zero-order valence-corrected chi connectivity index (χ0v) is 12.6. The molecule has 0 fully saturated rings. The number of pyridine rings is 1. The number of esters is 1. The van der Waals surface area contributed by atoms with Gasteiger partial charge in [0, 0.05) is 18.0 Å². The third-order valence-electron chi connectivity index (χ3n) is 3.31. The van der Waals surface area contributed by atoms with Gasteiger partial charge in [-0.1, -0.05) is 36.3 Å². The van der Waals surface area contributed by atoms with Crippen molar-refractivity contribution in [2.24, 2.45) is 0 Å². The predicted octanol–water partition coefficient (Wildman–Crippen LogP) is 3.05. The predicted molar refractivity (Wildman–Crippen MR) is 82.5 cm³/mol. The average Bonchev–Trinajstić information content (AvgIpc) is 3.09. The summed E-state index contributed by atoms with van der Waals surface area (Å²) in [5.74, 6) is 0.238. The number of carbonyl (C=O) groups is 1. The van der Waals surface area contributed by atoms with Gasteiger partial charge in [-0.2, -0.15) is 4.98 Å². The van der Waals surface area contributed by atoms with E-state index in [1.54, 1.807) is 18.3 Å². The summed E-state index contributed by atoms with van der Waals surface area (Å²) in [6.07, 6.45) is 4.00. The highest BCUT2D eigenvalue weighted by Crippen LogP contribution is 2.17. The van der Waals surface area contributed by atoms with Gasteiger partial charge >= 0.3 is 5.97 Å². The first-order chi connectivity index (χ1) is 11.3. The lowest BCUT2D eigenvalue weighted by Crippen LogP contribution is -2.05. The molecule has 0 aliphatic carbocycles. The van der Waals surface area contributed by atoms with Crippen LogP contribution in [0.1, 0.15) is 28.7 Å². The molecule has 2 aromatic heterocycles. The topological polar surface area (TPSA) is 78.1 Å². The van der Waals surface area contributed by atoms with Gasteiger partial charge in [0.15, 0.2) is 6.61 Å². The molecule has 6 heteroatoms. The van der Waals surface area contributed by atoms with Crippen molar-refractivity contribution in [1.82, 2.24) is 15.1 Å². The first-order valence-electron chi connectivity index (χ1n) is 7.25. The Hall–Kier alpha value is -3.02. The molecule has 0 atom stereocenters. The van der Waals surface area contributed by atoms with Crippen LogP contribution in [-0.4, -0.2) is 21.1 Å². The van der Waals surface area contributed by atoms with Gasteiger partial charge in [0.05, 0.1) is 5.56 Å². The van der Waals surface area contributed by atoms with Crippen molar-refractivity contribution in [3.63, 3.8) is 0 Å². The fraction of sp³-hybridized carbons (Fsp3) is 0.176. The highest BCUT2D eigenvalue weighted by atomic mass is 16.6. The number of ether oxygens (including phenoxy) is 1. The smallest absolute Gasteiger partial charge is 0.340 e. The molecule has 116 valence electrons. The molecule has 0 saturated carbocycles.